The molecule has 6 heteroatoms. The van der Waals surface area contributed by atoms with Gasteiger partial charge in [-0.2, -0.15) is 9.90 Å². The summed E-state index contributed by atoms with van der Waals surface area (Å²) < 4.78 is 0. The molecule has 0 radical (unpaired) electrons. The molecule has 0 fully saturated rings. The van der Waals surface area contributed by atoms with Gasteiger partial charge in [-0.25, -0.2) is 4.79 Å². The highest BCUT2D eigenvalue weighted by Crippen LogP contribution is 2.28. The maximum absolute atomic E-state index is 11.3. The summed E-state index contributed by atoms with van der Waals surface area (Å²) in [5.74, 6) is -1.07. The molecule has 0 unspecified atom stereocenters. The Balaban J connectivity index is 2.26. The molecule has 0 spiro atoms. The number of aryl methyl sites for hydroxylation is 1. The minimum absolute atomic E-state index is 0.0217. The molecule has 0 saturated carbocycles. The van der Waals surface area contributed by atoms with E-state index in [1.54, 1.807) is 6.20 Å². The third-order valence-electron chi connectivity index (χ3n) is 2.98. The van der Waals surface area contributed by atoms with Crippen molar-refractivity contribution < 1.29 is 9.90 Å². The standard InChI is InChI=1S/C13H12N4O2/c1-2-17-15-11(12(16-17)13(18)19)9-7-14-10-6-4-3-5-8(9)10/h3-7,14H,2H2,1H3,(H,18,19). The molecular formula is C13H12N4O2. The van der Waals surface area contributed by atoms with Crippen molar-refractivity contribution in [3.63, 3.8) is 0 Å². The van der Waals surface area contributed by atoms with Crippen molar-refractivity contribution in [2.24, 2.45) is 0 Å². The lowest BCUT2D eigenvalue weighted by Gasteiger charge is -1.95. The molecule has 96 valence electrons. The number of carboxylic acids is 1. The number of aromatic amines is 1. The summed E-state index contributed by atoms with van der Waals surface area (Å²) in [7, 11) is 0. The van der Waals surface area contributed by atoms with E-state index < -0.39 is 5.97 Å². The lowest BCUT2D eigenvalue weighted by atomic mass is 10.1. The Morgan fingerprint density at radius 1 is 1.37 bits per heavy atom. The van der Waals surface area contributed by atoms with Crippen LogP contribution in [-0.2, 0) is 6.54 Å². The van der Waals surface area contributed by atoms with E-state index in [0.29, 0.717) is 12.2 Å². The van der Waals surface area contributed by atoms with Gasteiger partial charge in [-0.05, 0) is 13.0 Å². The SMILES string of the molecule is CCn1nc(C(=O)O)c(-c2c[nH]c3ccccc23)n1. The number of H-pyrrole nitrogens is 1. The normalized spacial score (nSPS) is 11.0. The van der Waals surface area contributed by atoms with E-state index in [1.165, 1.54) is 4.80 Å². The van der Waals surface area contributed by atoms with Crippen LogP contribution in [-0.4, -0.2) is 31.1 Å². The average Bonchev–Trinajstić information content (AvgIpc) is 3.02. The molecule has 1 aromatic carbocycles. The smallest absolute Gasteiger partial charge is 0.358 e. The second-order valence-corrected chi connectivity index (χ2v) is 4.14. The first-order valence-corrected chi connectivity index (χ1v) is 5.95. The van der Waals surface area contributed by atoms with E-state index >= 15 is 0 Å². The van der Waals surface area contributed by atoms with Gasteiger partial charge in [-0.1, -0.05) is 18.2 Å². The molecule has 3 aromatic rings. The second-order valence-electron chi connectivity index (χ2n) is 4.14. The van der Waals surface area contributed by atoms with Crippen molar-refractivity contribution in [2.75, 3.05) is 0 Å². The number of aromatic carboxylic acids is 1. The van der Waals surface area contributed by atoms with E-state index in [1.807, 2.05) is 31.2 Å². The van der Waals surface area contributed by atoms with Crippen LogP contribution in [0.15, 0.2) is 30.5 Å². The Kier molecular flexibility index (Phi) is 2.56. The van der Waals surface area contributed by atoms with Gasteiger partial charge in [0.2, 0.25) is 0 Å². The average molecular weight is 256 g/mol. The van der Waals surface area contributed by atoms with Crippen LogP contribution in [0.3, 0.4) is 0 Å². The fourth-order valence-corrected chi connectivity index (χ4v) is 2.08. The lowest BCUT2D eigenvalue weighted by molar-refractivity contribution is 0.0690. The van der Waals surface area contributed by atoms with E-state index in [9.17, 15) is 9.90 Å². The van der Waals surface area contributed by atoms with Gasteiger partial charge in [0.15, 0.2) is 5.69 Å². The number of fused-ring (bicyclic) bond motifs is 1. The molecule has 19 heavy (non-hydrogen) atoms. The summed E-state index contributed by atoms with van der Waals surface area (Å²) in [5.41, 5.74) is 2.07. The summed E-state index contributed by atoms with van der Waals surface area (Å²) in [6.07, 6.45) is 1.76. The lowest BCUT2D eigenvalue weighted by Crippen LogP contribution is -2.02. The summed E-state index contributed by atoms with van der Waals surface area (Å²) in [5, 5.41) is 18.4. The molecule has 0 aliphatic carbocycles. The van der Waals surface area contributed by atoms with Crippen molar-refractivity contribution in [3.8, 4) is 11.3 Å². The molecule has 6 nitrogen and oxygen atoms in total. The van der Waals surface area contributed by atoms with E-state index in [-0.39, 0.29) is 5.69 Å². The van der Waals surface area contributed by atoms with E-state index in [0.717, 1.165) is 16.5 Å². The largest absolute Gasteiger partial charge is 0.476 e. The van der Waals surface area contributed by atoms with Gasteiger partial charge >= 0.3 is 5.97 Å². The third kappa shape index (κ3) is 1.77. The number of rotatable bonds is 3. The first-order chi connectivity index (χ1) is 9.20. The molecule has 0 atom stereocenters. The Labute approximate surface area is 108 Å². The van der Waals surface area contributed by atoms with Crippen LogP contribution in [0.4, 0.5) is 0 Å². The zero-order valence-electron chi connectivity index (χ0n) is 10.3. The number of nitrogens with one attached hydrogen (secondary N) is 1. The second kappa shape index (κ2) is 4.24. The molecule has 2 N–H and O–H groups in total. The molecule has 0 bridgehead atoms. The van der Waals surface area contributed by atoms with E-state index in [2.05, 4.69) is 15.2 Å². The zero-order valence-corrected chi connectivity index (χ0v) is 10.3. The highest BCUT2D eigenvalue weighted by atomic mass is 16.4. The van der Waals surface area contributed by atoms with E-state index in [4.69, 9.17) is 0 Å². The number of hydrogen-bond donors (Lipinski definition) is 2. The van der Waals surface area contributed by atoms with Gasteiger partial charge < -0.3 is 10.1 Å². The van der Waals surface area contributed by atoms with Crippen LogP contribution < -0.4 is 0 Å². The fourth-order valence-electron chi connectivity index (χ4n) is 2.08. The quantitative estimate of drug-likeness (QED) is 0.752. The van der Waals surface area contributed by atoms with Crippen LogP contribution in [0.25, 0.3) is 22.2 Å². The predicted molar refractivity (Wildman–Crippen MR) is 69.9 cm³/mol. The van der Waals surface area contributed by atoms with Crippen molar-refractivity contribution in [1.82, 2.24) is 20.0 Å². The first-order valence-electron chi connectivity index (χ1n) is 5.95. The molecule has 2 aromatic heterocycles. The van der Waals surface area contributed by atoms with Gasteiger partial charge in [-0.3, -0.25) is 0 Å². The number of nitrogens with zero attached hydrogens (tertiary/aromatic N) is 3. The highest BCUT2D eigenvalue weighted by Gasteiger charge is 2.21. The number of benzene rings is 1. The number of aromatic nitrogens is 4. The number of para-hydroxylation sites is 1. The summed E-state index contributed by atoms with van der Waals surface area (Å²) in [6.45, 7) is 2.40. The van der Waals surface area contributed by atoms with Gasteiger partial charge in [0, 0.05) is 22.7 Å². The van der Waals surface area contributed by atoms with Crippen LogP contribution in [0.2, 0.25) is 0 Å². The monoisotopic (exact) mass is 256 g/mol. The Hall–Kier alpha value is -2.63. The minimum atomic E-state index is -1.07. The van der Waals surface area contributed by atoms with Crippen LogP contribution in [0.1, 0.15) is 17.4 Å². The fraction of sp³-hybridized carbons (Fsp3) is 0.154. The molecule has 0 aliphatic heterocycles. The van der Waals surface area contributed by atoms with Crippen molar-refractivity contribution >= 4 is 16.9 Å². The summed E-state index contributed by atoms with van der Waals surface area (Å²) >= 11 is 0. The van der Waals surface area contributed by atoms with Gasteiger partial charge in [0.25, 0.3) is 0 Å². The molecule has 2 heterocycles. The Bertz CT molecular complexity index is 757. The number of carboxylic acid groups (broad SMARTS) is 1. The topological polar surface area (TPSA) is 83.8 Å². The van der Waals surface area contributed by atoms with Crippen LogP contribution in [0.5, 0.6) is 0 Å². The molecule has 0 saturated heterocycles. The van der Waals surface area contributed by atoms with Crippen LogP contribution in [0, 0.1) is 0 Å². The molecule has 0 aliphatic rings. The Morgan fingerprint density at radius 2 is 2.16 bits per heavy atom. The minimum Gasteiger partial charge on any atom is -0.476 e. The molecular weight excluding hydrogens is 244 g/mol. The Morgan fingerprint density at radius 3 is 2.89 bits per heavy atom. The summed E-state index contributed by atoms with van der Waals surface area (Å²) in [6, 6.07) is 7.69. The number of carbonyl (C=O) groups is 1. The van der Waals surface area contributed by atoms with Gasteiger partial charge in [0.05, 0.1) is 6.54 Å². The number of hydrogen-bond acceptors (Lipinski definition) is 3. The highest BCUT2D eigenvalue weighted by molar-refractivity contribution is 6.00. The maximum Gasteiger partial charge on any atom is 0.358 e. The van der Waals surface area contributed by atoms with Crippen molar-refractivity contribution in [3.05, 3.63) is 36.2 Å². The first kappa shape index (κ1) is 11.5. The summed E-state index contributed by atoms with van der Waals surface area (Å²) in [4.78, 5) is 15.8. The van der Waals surface area contributed by atoms with Crippen LogP contribution >= 0.6 is 0 Å². The molecule has 0 amide bonds. The van der Waals surface area contributed by atoms with Crippen molar-refractivity contribution in [1.29, 1.82) is 0 Å². The molecule has 3 rings (SSSR count). The maximum atomic E-state index is 11.3. The zero-order chi connectivity index (χ0) is 13.4. The van der Waals surface area contributed by atoms with Gasteiger partial charge in [0.1, 0.15) is 5.69 Å². The van der Waals surface area contributed by atoms with Crippen molar-refractivity contribution in [2.45, 2.75) is 13.5 Å². The predicted octanol–water partition coefficient (Wildman–Crippen LogP) is 2.14. The van der Waals surface area contributed by atoms with Gasteiger partial charge in [-0.15, -0.1) is 5.10 Å². The third-order valence-corrected chi connectivity index (χ3v) is 2.98.